The second-order valence-electron chi connectivity index (χ2n) is 3.44. The number of primary amides is 1. The zero-order valence-electron chi connectivity index (χ0n) is 9.61. The Kier molecular flexibility index (Phi) is 3.73. The van der Waals surface area contributed by atoms with Gasteiger partial charge in [-0.15, -0.1) is 0 Å². The summed E-state index contributed by atoms with van der Waals surface area (Å²) in [6.45, 7) is 1.82. The van der Waals surface area contributed by atoms with E-state index < -0.39 is 11.9 Å². The second kappa shape index (κ2) is 4.85. The van der Waals surface area contributed by atoms with Gasteiger partial charge < -0.3 is 20.9 Å². The fourth-order valence-corrected chi connectivity index (χ4v) is 1.56. The third-order valence-corrected chi connectivity index (χ3v) is 2.40. The predicted octanol–water partition coefficient (Wildman–Crippen LogP) is 0.497. The van der Waals surface area contributed by atoms with E-state index in [2.05, 4.69) is 0 Å². The summed E-state index contributed by atoms with van der Waals surface area (Å²) in [5, 5.41) is 0. The number of amides is 1. The maximum absolute atomic E-state index is 11.1. The van der Waals surface area contributed by atoms with Gasteiger partial charge in [0.25, 0.3) is 0 Å². The van der Waals surface area contributed by atoms with Gasteiger partial charge in [-0.1, -0.05) is 0 Å². The molecule has 1 atom stereocenters. The van der Waals surface area contributed by atoms with Crippen molar-refractivity contribution in [3.05, 3.63) is 23.3 Å². The number of hydrogen-bond donors (Lipinski definition) is 2. The molecule has 0 heterocycles. The van der Waals surface area contributed by atoms with Crippen LogP contribution in [0.1, 0.15) is 17.2 Å². The third-order valence-electron chi connectivity index (χ3n) is 2.40. The van der Waals surface area contributed by atoms with Crippen molar-refractivity contribution in [3.63, 3.8) is 0 Å². The van der Waals surface area contributed by atoms with Crippen molar-refractivity contribution in [2.24, 2.45) is 11.5 Å². The van der Waals surface area contributed by atoms with Crippen LogP contribution in [-0.2, 0) is 4.79 Å². The average molecular weight is 224 g/mol. The smallest absolute Gasteiger partial charge is 0.239 e. The van der Waals surface area contributed by atoms with Crippen LogP contribution in [0.2, 0.25) is 0 Å². The fraction of sp³-hybridized carbons (Fsp3) is 0.364. The van der Waals surface area contributed by atoms with Gasteiger partial charge in [-0.25, -0.2) is 0 Å². The molecule has 0 aliphatic carbocycles. The highest BCUT2D eigenvalue weighted by Gasteiger charge is 2.20. The van der Waals surface area contributed by atoms with E-state index in [4.69, 9.17) is 20.9 Å². The van der Waals surface area contributed by atoms with Crippen LogP contribution in [0.4, 0.5) is 0 Å². The molecule has 16 heavy (non-hydrogen) atoms. The van der Waals surface area contributed by atoms with Crippen LogP contribution in [0, 0.1) is 6.92 Å². The van der Waals surface area contributed by atoms with Crippen molar-refractivity contribution in [1.29, 1.82) is 0 Å². The number of rotatable bonds is 4. The van der Waals surface area contributed by atoms with Crippen LogP contribution in [-0.4, -0.2) is 20.1 Å². The van der Waals surface area contributed by atoms with Crippen LogP contribution in [0.5, 0.6) is 11.5 Å². The highest BCUT2D eigenvalue weighted by molar-refractivity contribution is 5.82. The Hall–Kier alpha value is -1.75. The van der Waals surface area contributed by atoms with E-state index in [9.17, 15) is 4.79 Å². The maximum atomic E-state index is 11.1. The number of methoxy groups -OCH3 is 2. The number of benzene rings is 1. The minimum Gasteiger partial charge on any atom is -0.497 e. The normalized spacial score (nSPS) is 12.0. The molecular formula is C11H16N2O3. The largest absolute Gasteiger partial charge is 0.497 e. The first-order valence-corrected chi connectivity index (χ1v) is 4.78. The topological polar surface area (TPSA) is 87.6 Å². The van der Waals surface area contributed by atoms with Gasteiger partial charge in [-0.3, -0.25) is 4.79 Å². The summed E-state index contributed by atoms with van der Waals surface area (Å²) in [5.74, 6) is 0.560. The lowest BCUT2D eigenvalue weighted by molar-refractivity contribution is -0.119. The summed E-state index contributed by atoms with van der Waals surface area (Å²) >= 11 is 0. The van der Waals surface area contributed by atoms with E-state index in [1.807, 2.05) is 6.92 Å². The van der Waals surface area contributed by atoms with Gasteiger partial charge in [-0.2, -0.15) is 0 Å². The van der Waals surface area contributed by atoms with Crippen LogP contribution in [0.3, 0.4) is 0 Å². The molecule has 1 amide bonds. The van der Waals surface area contributed by atoms with Gasteiger partial charge in [0.1, 0.15) is 17.5 Å². The van der Waals surface area contributed by atoms with E-state index in [-0.39, 0.29) is 0 Å². The molecule has 1 rings (SSSR count). The molecule has 0 bridgehead atoms. The molecule has 1 aromatic carbocycles. The summed E-state index contributed by atoms with van der Waals surface area (Å²) in [6, 6.07) is 2.58. The predicted molar refractivity (Wildman–Crippen MR) is 60.4 cm³/mol. The molecule has 0 radical (unpaired) electrons. The Morgan fingerprint density at radius 3 is 2.38 bits per heavy atom. The third kappa shape index (κ3) is 2.25. The molecule has 0 saturated heterocycles. The van der Waals surface area contributed by atoms with Crippen LogP contribution in [0.25, 0.3) is 0 Å². The van der Waals surface area contributed by atoms with Crippen LogP contribution >= 0.6 is 0 Å². The van der Waals surface area contributed by atoms with Gasteiger partial charge in [-0.05, 0) is 18.6 Å². The standard InChI is InChI=1S/C11H16N2O3/c1-6-4-7(15-2)5-8(16-3)9(6)10(12)11(13)14/h4-5,10H,12H2,1-3H3,(H2,13,14). The van der Waals surface area contributed by atoms with Crippen molar-refractivity contribution in [3.8, 4) is 11.5 Å². The van der Waals surface area contributed by atoms with Crippen LogP contribution < -0.4 is 20.9 Å². The monoisotopic (exact) mass is 224 g/mol. The molecule has 0 aliphatic heterocycles. The minimum absolute atomic E-state index is 0.503. The minimum atomic E-state index is -0.874. The van der Waals surface area contributed by atoms with Gasteiger partial charge in [0.2, 0.25) is 5.91 Å². The number of carbonyl (C=O) groups excluding carboxylic acids is 1. The highest BCUT2D eigenvalue weighted by atomic mass is 16.5. The van der Waals surface area contributed by atoms with Gasteiger partial charge in [0, 0.05) is 11.6 Å². The fourth-order valence-electron chi connectivity index (χ4n) is 1.56. The molecule has 1 unspecified atom stereocenters. The first kappa shape index (κ1) is 12.3. The maximum Gasteiger partial charge on any atom is 0.239 e. The molecule has 0 spiro atoms. The first-order valence-electron chi connectivity index (χ1n) is 4.78. The number of aryl methyl sites for hydroxylation is 1. The van der Waals surface area contributed by atoms with E-state index in [1.54, 1.807) is 19.2 Å². The summed E-state index contributed by atoms with van der Waals surface area (Å²) in [5.41, 5.74) is 12.3. The number of carbonyl (C=O) groups is 1. The van der Waals surface area contributed by atoms with Crippen molar-refractivity contribution in [2.75, 3.05) is 14.2 Å². The molecule has 0 fully saturated rings. The van der Waals surface area contributed by atoms with Gasteiger partial charge >= 0.3 is 0 Å². The lowest BCUT2D eigenvalue weighted by atomic mass is 10.00. The molecule has 88 valence electrons. The van der Waals surface area contributed by atoms with Crippen LogP contribution in [0.15, 0.2) is 12.1 Å². The molecule has 4 N–H and O–H groups in total. The number of ether oxygens (including phenoxy) is 2. The molecular weight excluding hydrogens is 208 g/mol. The highest BCUT2D eigenvalue weighted by Crippen LogP contribution is 2.31. The summed E-state index contributed by atoms with van der Waals surface area (Å²) in [6.07, 6.45) is 0. The van der Waals surface area contributed by atoms with Crippen molar-refractivity contribution < 1.29 is 14.3 Å². The van der Waals surface area contributed by atoms with Crippen molar-refractivity contribution in [1.82, 2.24) is 0 Å². The summed E-state index contributed by atoms with van der Waals surface area (Å²) in [4.78, 5) is 11.1. The summed E-state index contributed by atoms with van der Waals surface area (Å²) in [7, 11) is 3.06. The number of hydrogen-bond acceptors (Lipinski definition) is 4. The Balaban J connectivity index is 3.31. The zero-order valence-corrected chi connectivity index (χ0v) is 9.61. The van der Waals surface area contributed by atoms with E-state index in [0.29, 0.717) is 17.1 Å². The quantitative estimate of drug-likeness (QED) is 0.779. The van der Waals surface area contributed by atoms with E-state index >= 15 is 0 Å². The molecule has 0 aliphatic rings. The molecule has 1 aromatic rings. The second-order valence-corrected chi connectivity index (χ2v) is 3.44. The summed E-state index contributed by atoms with van der Waals surface area (Å²) < 4.78 is 10.3. The molecule has 0 saturated carbocycles. The van der Waals surface area contributed by atoms with Crippen molar-refractivity contribution in [2.45, 2.75) is 13.0 Å². The molecule has 0 aromatic heterocycles. The zero-order chi connectivity index (χ0) is 12.3. The Labute approximate surface area is 94.3 Å². The first-order chi connectivity index (χ1) is 7.51. The average Bonchev–Trinajstić information content (AvgIpc) is 2.26. The van der Waals surface area contributed by atoms with Gasteiger partial charge in [0.05, 0.1) is 14.2 Å². The SMILES string of the molecule is COc1cc(C)c(C(N)C(N)=O)c(OC)c1. The van der Waals surface area contributed by atoms with E-state index in [0.717, 1.165) is 5.56 Å². The Morgan fingerprint density at radius 1 is 1.31 bits per heavy atom. The van der Waals surface area contributed by atoms with Crippen molar-refractivity contribution >= 4 is 5.91 Å². The lowest BCUT2D eigenvalue weighted by Crippen LogP contribution is -2.29. The Morgan fingerprint density at radius 2 is 1.94 bits per heavy atom. The number of nitrogens with two attached hydrogens (primary N) is 2. The molecule has 5 nitrogen and oxygen atoms in total. The van der Waals surface area contributed by atoms with E-state index in [1.165, 1.54) is 7.11 Å². The Bertz CT molecular complexity index is 404. The lowest BCUT2D eigenvalue weighted by Gasteiger charge is -2.17. The van der Waals surface area contributed by atoms with Gasteiger partial charge in [0.15, 0.2) is 0 Å². The molecule has 5 heteroatoms.